The standard InChI is InChI=1S/C21H25N3O2S/c1-21(14-8-3-2-4-9-14)11-13-7-5-6-10-15(13)18-17(21)19(26)24-20(23-18)27-12-16(22)25/h5-7,10,14H,2-4,8-9,11-12H2,1H3,(H2,22,25)(H,23,24,26). The van der Waals surface area contributed by atoms with Crippen molar-refractivity contribution in [1.29, 1.82) is 0 Å². The monoisotopic (exact) mass is 383 g/mol. The van der Waals surface area contributed by atoms with Crippen molar-refractivity contribution >= 4 is 17.7 Å². The topological polar surface area (TPSA) is 88.8 Å². The predicted octanol–water partition coefficient (Wildman–Crippen LogP) is 3.41. The summed E-state index contributed by atoms with van der Waals surface area (Å²) in [6.45, 7) is 2.24. The van der Waals surface area contributed by atoms with Crippen molar-refractivity contribution in [3.63, 3.8) is 0 Å². The summed E-state index contributed by atoms with van der Waals surface area (Å²) in [7, 11) is 0. The third kappa shape index (κ3) is 3.31. The molecule has 0 bridgehead atoms. The number of aromatic amines is 1. The summed E-state index contributed by atoms with van der Waals surface area (Å²) in [6, 6.07) is 8.24. The van der Waals surface area contributed by atoms with Gasteiger partial charge in [-0.15, -0.1) is 0 Å². The normalized spacial score (nSPS) is 22.1. The van der Waals surface area contributed by atoms with Crippen molar-refractivity contribution in [1.82, 2.24) is 9.97 Å². The van der Waals surface area contributed by atoms with Gasteiger partial charge in [0.2, 0.25) is 5.91 Å². The zero-order valence-electron chi connectivity index (χ0n) is 15.6. The van der Waals surface area contributed by atoms with E-state index >= 15 is 0 Å². The number of nitrogens with two attached hydrogens (primary N) is 1. The summed E-state index contributed by atoms with van der Waals surface area (Å²) in [5.41, 5.74) is 8.85. The Morgan fingerprint density at radius 3 is 2.78 bits per heavy atom. The lowest BCUT2D eigenvalue weighted by atomic mass is 9.60. The van der Waals surface area contributed by atoms with Crippen molar-refractivity contribution in [2.45, 2.75) is 56.0 Å². The van der Waals surface area contributed by atoms with E-state index in [0.717, 1.165) is 36.1 Å². The first-order valence-electron chi connectivity index (χ1n) is 9.63. The largest absolute Gasteiger partial charge is 0.369 e. The average Bonchev–Trinajstić information content (AvgIpc) is 2.67. The molecule has 1 amide bonds. The zero-order valence-corrected chi connectivity index (χ0v) is 16.4. The molecule has 1 unspecified atom stereocenters. The molecule has 0 radical (unpaired) electrons. The molecule has 2 aliphatic carbocycles. The highest BCUT2D eigenvalue weighted by Crippen LogP contribution is 2.48. The minimum atomic E-state index is -0.423. The highest BCUT2D eigenvalue weighted by molar-refractivity contribution is 7.99. The number of nitrogens with one attached hydrogen (secondary N) is 1. The molecule has 6 heteroatoms. The number of rotatable bonds is 4. The van der Waals surface area contributed by atoms with Gasteiger partial charge in [0.1, 0.15) is 0 Å². The lowest BCUT2D eigenvalue weighted by Gasteiger charge is -2.43. The van der Waals surface area contributed by atoms with Crippen LogP contribution in [0.3, 0.4) is 0 Å². The molecule has 0 spiro atoms. The van der Waals surface area contributed by atoms with E-state index in [4.69, 9.17) is 10.7 Å². The van der Waals surface area contributed by atoms with Crippen LogP contribution >= 0.6 is 11.8 Å². The van der Waals surface area contributed by atoms with Gasteiger partial charge in [0.15, 0.2) is 5.16 Å². The van der Waals surface area contributed by atoms with Gasteiger partial charge in [0.25, 0.3) is 5.56 Å². The Bertz CT molecular complexity index is 933. The van der Waals surface area contributed by atoms with E-state index < -0.39 is 5.91 Å². The van der Waals surface area contributed by atoms with Crippen molar-refractivity contribution in [3.8, 4) is 11.3 Å². The van der Waals surface area contributed by atoms with Crippen LogP contribution < -0.4 is 11.3 Å². The van der Waals surface area contributed by atoms with Crippen LogP contribution in [0.4, 0.5) is 0 Å². The van der Waals surface area contributed by atoms with Crippen LogP contribution in [0, 0.1) is 5.92 Å². The zero-order chi connectivity index (χ0) is 19.0. The first-order valence-corrected chi connectivity index (χ1v) is 10.6. The molecule has 5 nitrogen and oxygen atoms in total. The van der Waals surface area contributed by atoms with E-state index in [0.29, 0.717) is 11.1 Å². The summed E-state index contributed by atoms with van der Waals surface area (Å²) in [4.78, 5) is 32.0. The fourth-order valence-electron chi connectivity index (χ4n) is 4.86. The van der Waals surface area contributed by atoms with Crippen LogP contribution in [0.1, 0.15) is 50.2 Å². The smallest absolute Gasteiger partial charge is 0.255 e. The average molecular weight is 384 g/mol. The lowest BCUT2D eigenvalue weighted by Crippen LogP contribution is -2.43. The number of thioether (sulfide) groups is 1. The van der Waals surface area contributed by atoms with Gasteiger partial charge < -0.3 is 10.7 Å². The summed E-state index contributed by atoms with van der Waals surface area (Å²) >= 11 is 1.18. The third-order valence-corrected chi connectivity index (χ3v) is 7.05. The van der Waals surface area contributed by atoms with E-state index in [1.54, 1.807) is 0 Å². The number of nitrogens with zero attached hydrogens (tertiary/aromatic N) is 1. The Labute approximate surface area is 163 Å². The van der Waals surface area contributed by atoms with Gasteiger partial charge in [-0.1, -0.05) is 62.2 Å². The molecular formula is C21H25N3O2S. The van der Waals surface area contributed by atoms with Crippen molar-refractivity contribution in [2.75, 3.05) is 5.75 Å². The third-order valence-electron chi connectivity index (χ3n) is 6.16. The van der Waals surface area contributed by atoms with E-state index in [1.165, 1.54) is 36.6 Å². The number of hydrogen-bond donors (Lipinski definition) is 2. The quantitative estimate of drug-likeness (QED) is 0.625. The summed E-state index contributed by atoms with van der Waals surface area (Å²) < 4.78 is 0. The molecule has 1 aromatic heterocycles. The number of benzene rings is 1. The van der Waals surface area contributed by atoms with E-state index in [9.17, 15) is 9.59 Å². The highest BCUT2D eigenvalue weighted by atomic mass is 32.2. The number of fused-ring (bicyclic) bond motifs is 3. The molecule has 4 rings (SSSR count). The number of H-pyrrole nitrogens is 1. The lowest BCUT2D eigenvalue weighted by molar-refractivity contribution is -0.115. The van der Waals surface area contributed by atoms with Crippen LogP contribution in [0.5, 0.6) is 0 Å². The molecule has 2 aromatic rings. The number of carbonyl (C=O) groups excluding carboxylic acids is 1. The van der Waals surface area contributed by atoms with Crippen LogP contribution in [0.2, 0.25) is 0 Å². The SMILES string of the molecule is CC1(C2CCCCC2)Cc2ccccc2-c2nc(SCC(N)=O)[nH]c(=O)c21. The number of carbonyl (C=O) groups is 1. The summed E-state index contributed by atoms with van der Waals surface area (Å²) in [5, 5.41) is 0.459. The van der Waals surface area contributed by atoms with Gasteiger partial charge in [0, 0.05) is 11.0 Å². The van der Waals surface area contributed by atoms with Crippen LogP contribution in [-0.2, 0) is 16.6 Å². The highest BCUT2D eigenvalue weighted by Gasteiger charge is 2.44. The van der Waals surface area contributed by atoms with Gasteiger partial charge in [-0.05, 0) is 30.7 Å². The molecule has 1 saturated carbocycles. The first-order chi connectivity index (χ1) is 13.0. The molecule has 0 aliphatic heterocycles. The summed E-state index contributed by atoms with van der Waals surface area (Å²) in [5.74, 6) is 0.168. The number of primary amides is 1. The van der Waals surface area contributed by atoms with Gasteiger partial charge >= 0.3 is 0 Å². The fraction of sp³-hybridized carbons (Fsp3) is 0.476. The van der Waals surface area contributed by atoms with Crippen LogP contribution in [0.15, 0.2) is 34.2 Å². The molecule has 27 heavy (non-hydrogen) atoms. The Kier molecular flexibility index (Phi) is 4.84. The van der Waals surface area contributed by atoms with Gasteiger partial charge in [-0.2, -0.15) is 0 Å². The molecule has 1 atom stereocenters. The molecule has 1 aromatic carbocycles. The maximum Gasteiger partial charge on any atom is 0.255 e. The molecule has 2 aliphatic rings. The maximum atomic E-state index is 13.2. The number of hydrogen-bond acceptors (Lipinski definition) is 4. The molecule has 1 fully saturated rings. The molecule has 3 N–H and O–H groups in total. The Morgan fingerprint density at radius 1 is 1.30 bits per heavy atom. The van der Waals surface area contributed by atoms with E-state index in [1.807, 2.05) is 12.1 Å². The molecule has 1 heterocycles. The van der Waals surface area contributed by atoms with Gasteiger partial charge in [-0.3, -0.25) is 9.59 Å². The predicted molar refractivity (Wildman–Crippen MR) is 108 cm³/mol. The van der Waals surface area contributed by atoms with Crippen molar-refractivity contribution in [2.24, 2.45) is 11.7 Å². The Morgan fingerprint density at radius 2 is 2.04 bits per heavy atom. The second-order valence-corrected chi connectivity index (χ2v) is 8.90. The van der Waals surface area contributed by atoms with Crippen LogP contribution in [0.25, 0.3) is 11.3 Å². The number of aromatic nitrogens is 2. The second-order valence-electron chi connectivity index (χ2n) is 7.94. The molecule has 0 saturated heterocycles. The van der Waals surface area contributed by atoms with Gasteiger partial charge in [0.05, 0.1) is 17.0 Å². The van der Waals surface area contributed by atoms with Crippen molar-refractivity contribution < 1.29 is 4.79 Å². The minimum absolute atomic E-state index is 0.0745. The molecular weight excluding hydrogens is 358 g/mol. The summed E-state index contributed by atoms with van der Waals surface area (Å²) in [6.07, 6.45) is 6.95. The number of amides is 1. The fourth-order valence-corrected chi connectivity index (χ4v) is 5.46. The molecule has 142 valence electrons. The Balaban J connectivity index is 1.87. The maximum absolute atomic E-state index is 13.2. The van der Waals surface area contributed by atoms with E-state index in [-0.39, 0.29) is 16.7 Å². The first kappa shape index (κ1) is 18.3. The van der Waals surface area contributed by atoms with Crippen molar-refractivity contribution in [3.05, 3.63) is 45.7 Å². The van der Waals surface area contributed by atoms with Gasteiger partial charge in [-0.25, -0.2) is 4.98 Å². The van der Waals surface area contributed by atoms with Crippen LogP contribution in [-0.4, -0.2) is 21.6 Å². The van der Waals surface area contributed by atoms with E-state index in [2.05, 4.69) is 24.0 Å². The Hall–Kier alpha value is -2.08. The second kappa shape index (κ2) is 7.15. The minimum Gasteiger partial charge on any atom is -0.369 e.